The number of pyridine rings is 1. The van der Waals surface area contributed by atoms with Gasteiger partial charge in [0, 0.05) is 23.7 Å². The van der Waals surface area contributed by atoms with Crippen LogP contribution in [0.25, 0.3) is 22.2 Å². The van der Waals surface area contributed by atoms with E-state index >= 15 is 0 Å². The van der Waals surface area contributed by atoms with Crippen LogP contribution in [0.4, 0.5) is 10.2 Å². The SMILES string of the molecule is Cc1cc(F)c(C(=O)Nc2cccc(-c3nnc4sccn34)n2)cc1-n1cnc(C2CC2)c1. The fourth-order valence-electron chi connectivity index (χ4n) is 3.80. The lowest BCUT2D eigenvalue weighted by Crippen LogP contribution is -2.16. The minimum Gasteiger partial charge on any atom is -0.306 e. The molecule has 164 valence electrons. The summed E-state index contributed by atoms with van der Waals surface area (Å²) in [4.78, 5) is 22.7. The molecule has 0 aliphatic heterocycles. The molecule has 4 aromatic heterocycles. The number of amides is 1. The summed E-state index contributed by atoms with van der Waals surface area (Å²) in [5.74, 6) is 0.198. The van der Waals surface area contributed by atoms with Gasteiger partial charge in [-0.25, -0.2) is 14.4 Å². The van der Waals surface area contributed by atoms with Crippen molar-refractivity contribution in [3.63, 3.8) is 0 Å². The minimum absolute atomic E-state index is 0.0628. The van der Waals surface area contributed by atoms with Gasteiger partial charge in [-0.2, -0.15) is 0 Å². The predicted molar refractivity (Wildman–Crippen MR) is 122 cm³/mol. The van der Waals surface area contributed by atoms with Gasteiger partial charge in [0.05, 0.1) is 23.3 Å². The number of aryl methyl sites for hydroxylation is 1. The molecule has 1 aliphatic rings. The molecule has 0 saturated heterocycles. The van der Waals surface area contributed by atoms with Gasteiger partial charge in [0.2, 0.25) is 4.96 Å². The highest BCUT2D eigenvalue weighted by atomic mass is 32.1. The van der Waals surface area contributed by atoms with Gasteiger partial charge in [0.15, 0.2) is 5.82 Å². The first-order valence-electron chi connectivity index (χ1n) is 10.5. The molecule has 1 N–H and O–H groups in total. The van der Waals surface area contributed by atoms with Crippen molar-refractivity contribution in [3.05, 3.63) is 77.1 Å². The Morgan fingerprint density at radius 1 is 1.24 bits per heavy atom. The van der Waals surface area contributed by atoms with Crippen LogP contribution in [0.3, 0.4) is 0 Å². The Hall–Kier alpha value is -3.92. The third-order valence-electron chi connectivity index (χ3n) is 5.67. The number of hydrogen-bond donors (Lipinski definition) is 1. The molecular formula is C23H18FN7OS. The highest BCUT2D eigenvalue weighted by molar-refractivity contribution is 7.15. The molecule has 33 heavy (non-hydrogen) atoms. The normalized spacial score (nSPS) is 13.5. The lowest BCUT2D eigenvalue weighted by molar-refractivity contribution is 0.102. The van der Waals surface area contributed by atoms with Crippen molar-refractivity contribution < 1.29 is 9.18 Å². The predicted octanol–water partition coefficient (Wildman–Crippen LogP) is 4.62. The van der Waals surface area contributed by atoms with Crippen LogP contribution in [0, 0.1) is 12.7 Å². The molecule has 5 aromatic rings. The molecule has 4 heterocycles. The fraction of sp³-hybridized carbons (Fsp3) is 0.174. The highest BCUT2D eigenvalue weighted by Gasteiger charge is 2.26. The molecule has 0 radical (unpaired) electrons. The topological polar surface area (TPSA) is 90.0 Å². The van der Waals surface area contributed by atoms with Gasteiger partial charge in [-0.15, -0.1) is 21.5 Å². The fourth-order valence-corrected chi connectivity index (χ4v) is 4.46. The Morgan fingerprint density at radius 3 is 2.97 bits per heavy atom. The quantitative estimate of drug-likeness (QED) is 0.414. The highest BCUT2D eigenvalue weighted by Crippen LogP contribution is 2.39. The molecule has 0 bridgehead atoms. The van der Waals surface area contributed by atoms with Crippen molar-refractivity contribution in [2.45, 2.75) is 25.7 Å². The molecule has 0 spiro atoms. The molecule has 1 aromatic carbocycles. The van der Waals surface area contributed by atoms with E-state index in [1.807, 2.05) is 33.7 Å². The van der Waals surface area contributed by atoms with Crippen LogP contribution in [-0.4, -0.2) is 35.0 Å². The molecule has 0 unspecified atom stereocenters. The number of carbonyl (C=O) groups excluding carboxylic acids is 1. The van der Waals surface area contributed by atoms with E-state index in [0.29, 0.717) is 28.9 Å². The summed E-state index contributed by atoms with van der Waals surface area (Å²) in [6, 6.07) is 8.11. The number of imidazole rings is 1. The van der Waals surface area contributed by atoms with Gasteiger partial charge < -0.3 is 9.88 Å². The standard InChI is InChI=1S/C23H18FN7OS/c1-13-9-16(24)15(10-19(13)30-11-18(25-12-30)14-5-6-14)22(32)27-20-4-2-3-17(26-20)21-28-29-23-31(21)7-8-33-23/h2-4,7-12,14H,5-6H2,1H3,(H,26,27,32). The molecular weight excluding hydrogens is 441 g/mol. The average molecular weight is 460 g/mol. The van der Waals surface area contributed by atoms with Gasteiger partial charge in [-0.05, 0) is 49.6 Å². The lowest BCUT2D eigenvalue weighted by Gasteiger charge is -2.11. The van der Waals surface area contributed by atoms with Crippen LogP contribution in [0.15, 0.2) is 54.4 Å². The molecule has 1 amide bonds. The summed E-state index contributed by atoms with van der Waals surface area (Å²) in [6.45, 7) is 1.81. The summed E-state index contributed by atoms with van der Waals surface area (Å²) in [6.07, 6.45) is 7.81. The molecule has 10 heteroatoms. The van der Waals surface area contributed by atoms with Gasteiger partial charge in [-0.3, -0.25) is 9.20 Å². The second kappa shape index (κ2) is 7.59. The van der Waals surface area contributed by atoms with E-state index in [4.69, 9.17) is 0 Å². The number of hydrogen-bond acceptors (Lipinski definition) is 6. The van der Waals surface area contributed by atoms with E-state index in [9.17, 15) is 9.18 Å². The summed E-state index contributed by atoms with van der Waals surface area (Å²) in [7, 11) is 0. The number of nitrogens with zero attached hydrogens (tertiary/aromatic N) is 6. The number of halogens is 1. The zero-order chi connectivity index (χ0) is 22.5. The van der Waals surface area contributed by atoms with E-state index in [2.05, 4.69) is 25.5 Å². The first kappa shape index (κ1) is 19.7. The first-order valence-corrected chi connectivity index (χ1v) is 11.4. The van der Waals surface area contributed by atoms with Crippen molar-refractivity contribution in [2.24, 2.45) is 0 Å². The van der Waals surface area contributed by atoms with Crippen molar-refractivity contribution in [2.75, 3.05) is 5.32 Å². The molecule has 6 rings (SSSR count). The van der Waals surface area contributed by atoms with Crippen molar-refractivity contribution in [3.8, 4) is 17.2 Å². The van der Waals surface area contributed by atoms with E-state index in [0.717, 1.165) is 29.1 Å². The van der Waals surface area contributed by atoms with Crippen molar-refractivity contribution in [1.29, 1.82) is 0 Å². The van der Waals surface area contributed by atoms with Crippen LogP contribution in [0.2, 0.25) is 0 Å². The number of aromatic nitrogens is 6. The first-order chi connectivity index (χ1) is 16.1. The number of rotatable bonds is 5. The maximum absolute atomic E-state index is 14.8. The summed E-state index contributed by atoms with van der Waals surface area (Å²) < 4.78 is 18.4. The van der Waals surface area contributed by atoms with Gasteiger partial charge in [0.1, 0.15) is 17.3 Å². The smallest absolute Gasteiger partial charge is 0.259 e. The van der Waals surface area contributed by atoms with Gasteiger partial charge in [-0.1, -0.05) is 6.07 Å². The van der Waals surface area contributed by atoms with E-state index in [-0.39, 0.29) is 5.56 Å². The molecule has 0 atom stereocenters. The Bertz CT molecular complexity index is 1510. The van der Waals surface area contributed by atoms with Crippen LogP contribution in [-0.2, 0) is 0 Å². The summed E-state index contributed by atoms with van der Waals surface area (Å²) >= 11 is 1.47. The molecule has 8 nitrogen and oxygen atoms in total. The Morgan fingerprint density at radius 2 is 2.12 bits per heavy atom. The second-order valence-corrected chi connectivity index (χ2v) is 8.91. The third-order valence-corrected chi connectivity index (χ3v) is 6.42. The third kappa shape index (κ3) is 3.58. The summed E-state index contributed by atoms with van der Waals surface area (Å²) in [5, 5.41) is 12.9. The van der Waals surface area contributed by atoms with Crippen LogP contribution in [0.5, 0.6) is 0 Å². The Kier molecular flexibility index (Phi) is 4.54. The van der Waals surface area contributed by atoms with Gasteiger partial charge >= 0.3 is 0 Å². The van der Waals surface area contributed by atoms with Crippen LogP contribution < -0.4 is 5.32 Å². The monoisotopic (exact) mass is 459 g/mol. The summed E-state index contributed by atoms with van der Waals surface area (Å²) in [5.41, 5.74) is 2.95. The zero-order valence-electron chi connectivity index (χ0n) is 17.6. The largest absolute Gasteiger partial charge is 0.306 e. The molecule has 1 fully saturated rings. The van der Waals surface area contributed by atoms with Gasteiger partial charge in [0.25, 0.3) is 5.91 Å². The average Bonchev–Trinajstić information content (AvgIpc) is 3.18. The van der Waals surface area contributed by atoms with Crippen molar-refractivity contribution in [1.82, 2.24) is 29.1 Å². The minimum atomic E-state index is -0.593. The Balaban J connectivity index is 1.30. The number of fused-ring (bicyclic) bond motifs is 1. The number of nitrogens with one attached hydrogen (secondary N) is 1. The number of anilines is 1. The maximum Gasteiger partial charge on any atom is 0.259 e. The Labute approximate surface area is 191 Å². The molecule has 1 saturated carbocycles. The van der Waals surface area contributed by atoms with E-state index in [1.54, 1.807) is 30.6 Å². The van der Waals surface area contributed by atoms with E-state index in [1.165, 1.54) is 17.4 Å². The van der Waals surface area contributed by atoms with Crippen LogP contribution >= 0.6 is 11.3 Å². The number of carbonyl (C=O) groups is 1. The number of thiazole rings is 1. The maximum atomic E-state index is 14.8. The number of benzene rings is 1. The molecule has 1 aliphatic carbocycles. The van der Waals surface area contributed by atoms with E-state index < -0.39 is 11.7 Å². The zero-order valence-corrected chi connectivity index (χ0v) is 18.4. The lowest BCUT2D eigenvalue weighted by atomic mass is 10.1. The van der Waals surface area contributed by atoms with Crippen molar-refractivity contribution >= 4 is 28.0 Å². The second-order valence-electron chi connectivity index (χ2n) is 8.04. The van der Waals surface area contributed by atoms with Crippen LogP contribution in [0.1, 0.15) is 40.4 Å².